The van der Waals surface area contributed by atoms with Gasteiger partial charge in [-0.05, 0) is 38.1 Å². The highest BCUT2D eigenvalue weighted by molar-refractivity contribution is 5.84. The summed E-state index contributed by atoms with van der Waals surface area (Å²) in [7, 11) is 0. The van der Waals surface area contributed by atoms with Gasteiger partial charge in [0.05, 0.1) is 6.61 Å². The number of rotatable bonds is 8. The molecule has 0 unspecified atom stereocenters. The summed E-state index contributed by atoms with van der Waals surface area (Å²) < 4.78 is 10.7. The highest BCUT2D eigenvalue weighted by atomic mass is 16.5. The van der Waals surface area contributed by atoms with E-state index in [1.807, 2.05) is 30.3 Å². The number of hydrogen-bond donors (Lipinski definition) is 2. The molecule has 1 aromatic carbocycles. The molecule has 0 aliphatic carbocycles. The molecule has 0 aliphatic heterocycles. The van der Waals surface area contributed by atoms with E-state index in [4.69, 9.17) is 14.3 Å². The van der Waals surface area contributed by atoms with Gasteiger partial charge in [0, 0.05) is 12.1 Å². The third-order valence-corrected chi connectivity index (χ3v) is 3.06. The normalized spacial score (nSPS) is 10.5. The zero-order chi connectivity index (χ0) is 15.1. The summed E-state index contributed by atoms with van der Waals surface area (Å²) in [4.78, 5) is 10.8. The van der Waals surface area contributed by atoms with E-state index < -0.39 is 5.97 Å². The fraction of sp³-hybridized carbons (Fsp3) is 0.312. The monoisotopic (exact) mass is 289 g/mol. The van der Waals surface area contributed by atoms with Crippen molar-refractivity contribution in [2.45, 2.75) is 19.9 Å². The third kappa shape index (κ3) is 4.65. The van der Waals surface area contributed by atoms with Gasteiger partial charge in [0.15, 0.2) is 0 Å². The molecule has 2 rings (SSSR count). The predicted octanol–water partition coefficient (Wildman–Crippen LogP) is 2.84. The summed E-state index contributed by atoms with van der Waals surface area (Å²) in [5.74, 6) is 0.451. The quantitative estimate of drug-likeness (QED) is 0.731. The summed E-state index contributed by atoms with van der Waals surface area (Å²) >= 11 is 0. The van der Waals surface area contributed by atoms with Crippen LogP contribution in [0.15, 0.2) is 40.8 Å². The summed E-state index contributed by atoms with van der Waals surface area (Å²) in [6.07, 6.45) is 0.873. The fourth-order valence-electron chi connectivity index (χ4n) is 1.93. The molecule has 0 atom stereocenters. The Bertz CT molecular complexity index is 577. The van der Waals surface area contributed by atoms with Crippen molar-refractivity contribution in [1.29, 1.82) is 0 Å². The maximum atomic E-state index is 10.8. The zero-order valence-corrected chi connectivity index (χ0v) is 12.0. The van der Waals surface area contributed by atoms with Gasteiger partial charge < -0.3 is 19.6 Å². The standard InChI is InChI=1S/C16H19NO4/c1-12-13(10-15(21-12)16(18)19)11-17-8-5-9-20-14-6-3-2-4-7-14/h2-4,6-7,10,17H,5,8-9,11H2,1H3,(H,18,19). The lowest BCUT2D eigenvalue weighted by molar-refractivity contribution is 0.0661. The van der Waals surface area contributed by atoms with E-state index in [9.17, 15) is 4.79 Å². The molecule has 0 amide bonds. The first-order chi connectivity index (χ1) is 10.2. The van der Waals surface area contributed by atoms with Crippen LogP contribution >= 0.6 is 0 Å². The van der Waals surface area contributed by atoms with Gasteiger partial charge in [-0.1, -0.05) is 18.2 Å². The van der Waals surface area contributed by atoms with E-state index in [0.717, 1.165) is 24.3 Å². The zero-order valence-electron chi connectivity index (χ0n) is 12.0. The highest BCUT2D eigenvalue weighted by Gasteiger charge is 2.12. The van der Waals surface area contributed by atoms with Crippen LogP contribution in [-0.4, -0.2) is 24.2 Å². The van der Waals surface area contributed by atoms with E-state index in [1.54, 1.807) is 13.0 Å². The minimum absolute atomic E-state index is 0.0169. The summed E-state index contributed by atoms with van der Waals surface area (Å²) in [6.45, 7) is 3.79. The first-order valence-electron chi connectivity index (χ1n) is 6.88. The molecule has 2 N–H and O–H groups in total. The maximum absolute atomic E-state index is 10.8. The summed E-state index contributed by atoms with van der Waals surface area (Å²) in [6, 6.07) is 11.2. The number of para-hydroxylation sites is 1. The van der Waals surface area contributed by atoms with Gasteiger partial charge >= 0.3 is 5.97 Å². The Balaban J connectivity index is 1.65. The minimum Gasteiger partial charge on any atom is -0.494 e. The Labute approximate surface area is 123 Å². The van der Waals surface area contributed by atoms with Crippen LogP contribution < -0.4 is 10.1 Å². The summed E-state index contributed by atoms with van der Waals surface area (Å²) in [5.41, 5.74) is 0.872. The molecular formula is C16H19NO4. The minimum atomic E-state index is -1.04. The number of furan rings is 1. The van der Waals surface area contributed by atoms with Gasteiger partial charge in [-0.25, -0.2) is 4.79 Å². The van der Waals surface area contributed by atoms with Gasteiger partial charge in [-0.3, -0.25) is 0 Å². The molecular weight excluding hydrogens is 270 g/mol. The van der Waals surface area contributed by atoms with E-state index in [2.05, 4.69) is 5.32 Å². The van der Waals surface area contributed by atoms with Gasteiger partial charge in [-0.15, -0.1) is 0 Å². The number of carboxylic acid groups (broad SMARTS) is 1. The largest absolute Gasteiger partial charge is 0.494 e. The molecule has 0 saturated carbocycles. The number of carbonyl (C=O) groups is 1. The molecule has 2 aromatic rings. The third-order valence-electron chi connectivity index (χ3n) is 3.06. The molecule has 0 radical (unpaired) electrons. The average Bonchev–Trinajstić information content (AvgIpc) is 2.85. The lowest BCUT2D eigenvalue weighted by atomic mass is 10.2. The van der Waals surface area contributed by atoms with Gasteiger partial charge in [0.2, 0.25) is 5.76 Å². The number of carboxylic acids is 1. The van der Waals surface area contributed by atoms with Crippen molar-refractivity contribution in [1.82, 2.24) is 5.32 Å². The predicted molar refractivity (Wildman–Crippen MR) is 78.7 cm³/mol. The van der Waals surface area contributed by atoms with E-state index >= 15 is 0 Å². The van der Waals surface area contributed by atoms with Crippen LogP contribution in [0.4, 0.5) is 0 Å². The van der Waals surface area contributed by atoms with Gasteiger partial charge in [-0.2, -0.15) is 0 Å². The Morgan fingerprint density at radius 3 is 2.76 bits per heavy atom. The maximum Gasteiger partial charge on any atom is 0.371 e. The van der Waals surface area contributed by atoms with Crippen LogP contribution in [0.25, 0.3) is 0 Å². The lowest BCUT2D eigenvalue weighted by Gasteiger charge is -2.06. The van der Waals surface area contributed by atoms with E-state index in [1.165, 1.54) is 0 Å². The Kier molecular flexibility index (Phi) is 5.40. The first kappa shape index (κ1) is 15.1. The van der Waals surface area contributed by atoms with Crippen molar-refractivity contribution in [3.8, 4) is 5.75 Å². The van der Waals surface area contributed by atoms with E-state index in [0.29, 0.717) is 18.9 Å². The first-order valence-corrected chi connectivity index (χ1v) is 6.88. The molecule has 5 heteroatoms. The molecule has 1 heterocycles. The SMILES string of the molecule is Cc1oc(C(=O)O)cc1CNCCCOc1ccccc1. The van der Waals surface area contributed by atoms with E-state index in [-0.39, 0.29) is 5.76 Å². The van der Waals surface area contributed by atoms with Crippen molar-refractivity contribution in [3.05, 3.63) is 53.5 Å². The van der Waals surface area contributed by atoms with Gasteiger partial charge in [0.1, 0.15) is 11.5 Å². The van der Waals surface area contributed by atoms with Crippen molar-refractivity contribution in [2.24, 2.45) is 0 Å². The molecule has 5 nitrogen and oxygen atoms in total. The molecule has 1 aromatic heterocycles. The second-order valence-corrected chi connectivity index (χ2v) is 4.69. The molecule has 21 heavy (non-hydrogen) atoms. The fourth-order valence-corrected chi connectivity index (χ4v) is 1.93. The number of nitrogens with one attached hydrogen (secondary N) is 1. The van der Waals surface area contributed by atoms with Crippen molar-refractivity contribution in [2.75, 3.05) is 13.2 Å². The Hall–Kier alpha value is -2.27. The molecule has 0 saturated heterocycles. The number of benzene rings is 1. The Morgan fingerprint density at radius 1 is 1.33 bits per heavy atom. The molecule has 0 spiro atoms. The van der Waals surface area contributed by atoms with Crippen LogP contribution in [0.2, 0.25) is 0 Å². The van der Waals surface area contributed by atoms with Crippen molar-refractivity contribution in [3.63, 3.8) is 0 Å². The van der Waals surface area contributed by atoms with Crippen LogP contribution in [-0.2, 0) is 6.54 Å². The van der Waals surface area contributed by atoms with Crippen LogP contribution in [0.3, 0.4) is 0 Å². The molecule has 0 fully saturated rings. The topological polar surface area (TPSA) is 71.7 Å². The smallest absolute Gasteiger partial charge is 0.371 e. The number of aromatic carboxylic acids is 1. The average molecular weight is 289 g/mol. The number of ether oxygens (including phenoxy) is 1. The Morgan fingerprint density at radius 2 is 2.10 bits per heavy atom. The second kappa shape index (κ2) is 7.50. The van der Waals surface area contributed by atoms with Crippen LogP contribution in [0, 0.1) is 6.92 Å². The molecule has 0 aliphatic rings. The lowest BCUT2D eigenvalue weighted by Crippen LogP contribution is -2.17. The van der Waals surface area contributed by atoms with Crippen LogP contribution in [0.5, 0.6) is 5.75 Å². The highest BCUT2D eigenvalue weighted by Crippen LogP contribution is 2.14. The van der Waals surface area contributed by atoms with Gasteiger partial charge in [0.25, 0.3) is 0 Å². The van der Waals surface area contributed by atoms with Crippen molar-refractivity contribution < 1.29 is 19.1 Å². The number of aryl methyl sites for hydroxylation is 1. The van der Waals surface area contributed by atoms with Crippen molar-refractivity contribution >= 4 is 5.97 Å². The van der Waals surface area contributed by atoms with Crippen LogP contribution in [0.1, 0.15) is 28.3 Å². The molecule has 112 valence electrons. The summed E-state index contributed by atoms with van der Waals surface area (Å²) in [5, 5.41) is 12.1. The second-order valence-electron chi connectivity index (χ2n) is 4.69. The molecule has 0 bridgehead atoms. The number of hydrogen-bond acceptors (Lipinski definition) is 4.